The summed E-state index contributed by atoms with van der Waals surface area (Å²) in [6, 6.07) is 8.61. The van der Waals surface area contributed by atoms with Gasteiger partial charge in [0, 0.05) is 0 Å². The molecule has 0 radical (unpaired) electrons. The van der Waals surface area contributed by atoms with E-state index in [0.717, 1.165) is 11.5 Å². The molecule has 0 saturated heterocycles. The van der Waals surface area contributed by atoms with Gasteiger partial charge >= 0.3 is 0 Å². The molecule has 0 aromatic heterocycles. The van der Waals surface area contributed by atoms with Gasteiger partial charge in [-0.25, -0.2) is 0 Å². The van der Waals surface area contributed by atoms with E-state index in [9.17, 15) is 5.11 Å². The minimum absolute atomic E-state index is 0.182. The second-order valence-electron chi connectivity index (χ2n) is 7.52. The molecule has 3 unspecified atom stereocenters. The summed E-state index contributed by atoms with van der Waals surface area (Å²) in [6.07, 6.45) is 5.98. The Morgan fingerprint density at radius 2 is 1.80 bits per heavy atom. The molecule has 0 bridgehead atoms. The van der Waals surface area contributed by atoms with Crippen LogP contribution in [-0.4, -0.2) is 5.11 Å². The summed E-state index contributed by atoms with van der Waals surface area (Å²) in [7, 11) is 0. The van der Waals surface area contributed by atoms with E-state index in [-0.39, 0.29) is 11.5 Å². The van der Waals surface area contributed by atoms with Crippen LogP contribution in [0.2, 0.25) is 0 Å². The molecule has 3 atom stereocenters. The van der Waals surface area contributed by atoms with Gasteiger partial charge in [-0.1, -0.05) is 71.2 Å². The SMILES string of the molecule is CCC1CCCC(C(O)c2ccc(C(C)(C)C)cc2)C1. The van der Waals surface area contributed by atoms with Gasteiger partial charge in [-0.15, -0.1) is 0 Å². The monoisotopic (exact) mass is 274 g/mol. The Morgan fingerprint density at radius 1 is 1.15 bits per heavy atom. The third-order valence-electron chi connectivity index (χ3n) is 4.97. The lowest BCUT2D eigenvalue weighted by Crippen LogP contribution is -2.21. The average Bonchev–Trinajstić information content (AvgIpc) is 2.46. The first-order valence-electron chi connectivity index (χ1n) is 8.20. The van der Waals surface area contributed by atoms with Crippen molar-refractivity contribution in [3.05, 3.63) is 35.4 Å². The highest BCUT2D eigenvalue weighted by Gasteiger charge is 2.27. The van der Waals surface area contributed by atoms with Gasteiger partial charge in [0.05, 0.1) is 6.10 Å². The smallest absolute Gasteiger partial charge is 0.0818 e. The summed E-state index contributed by atoms with van der Waals surface area (Å²) in [6.45, 7) is 8.96. The molecule has 0 heterocycles. The lowest BCUT2D eigenvalue weighted by molar-refractivity contribution is 0.0678. The first-order chi connectivity index (χ1) is 9.41. The van der Waals surface area contributed by atoms with Crippen LogP contribution >= 0.6 is 0 Å². The number of hydrogen-bond acceptors (Lipinski definition) is 1. The fraction of sp³-hybridized carbons (Fsp3) is 0.684. The van der Waals surface area contributed by atoms with Crippen LogP contribution in [-0.2, 0) is 5.41 Å². The Bertz CT molecular complexity index is 412. The summed E-state index contributed by atoms with van der Waals surface area (Å²) in [4.78, 5) is 0. The Labute approximate surface area is 124 Å². The van der Waals surface area contributed by atoms with E-state index in [1.54, 1.807) is 0 Å². The maximum absolute atomic E-state index is 10.7. The van der Waals surface area contributed by atoms with Gasteiger partial charge in [0.1, 0.15) is 0 Å². The molecule has 1 saturated carbocycles. The van der Waals surface area contributed by atoms with E-state index in [2.05, 4.69) is 52.0 Å². The van der Waals surface area contributed by atoms with E-state index in [1.807, 2.05) is 0 Å². The van der Waals surface area contributed by atoms with Gasteiger partial charge < -0.3 is 5.11 Å². The van der Waals surface area contributed by atoms with Crippen LogP contribution in [0, 0.1) is 11.8 Å². The van der Waals surface area contributed by atoms with Crippen molar-refractivity contribution in [1.29, 1.82) is 0 Å². The van der Waals surface area contributed by atoms with Crippen molar-refractivity contribution in [3.8, 4) is 0 Å². The molecule has 1 N–H and O–H groups in total. The number of benzene rings is 1. The standard InChI is InChI=1S/C19H30O/c1-5-14-7-6-8-16(13-14)18(20)15-9-11-17(12-10-15)19(2,3)4/h9-12,14,16,18,20H,5-8,13H2,1-4H3. The normalized spacial score (nSPS) is 25.4. The molecule has 112 valence electrons. The molecule has 0 spiro atoms. The molecule has 1 aliphatic rings. The highest BCUT2D eigenvalue weighted by Crippen LogP contribution is 2.38. The van der Waals surface area contributed by atoms with Crippen LogP contribution in [0.5, 0.6) is 0 Å². The highest BCUT2D eigenvalue weighted by molar-refractivity contribution is 5.29. The Morgan fingerprint density at radius 3 is 2.35 bits per heavy atom. The van der Waals surface area contributed by atoms with Crippen molar-refractivity contribution in [3.63, 3.8) is 0 Å². The van der Waals surface area contributed by atoms with E-state index >= 15 is 0 Å². The molecule has 0 amide bonds. The highest BCUT2D eigenvalue weighted by atomic mass is 16.3. The topological polar surface area (TPSA) is 20.2 Å². The molecular weight excluding hydrogens is 244 g/mol. The van der Waals surface area contributed by atoms with Gasteiger partial charge in [0.2, 0.25) is 0 Å². The zero-order valence-electron chi connectivity index (χ0n) is 13.5. The second kappa shape index (κ2) is 6.30. The summed E-state index contributed by atoms with van der Waals surface area (Å²) >= 11 is 0. The molecule has 1 aromatic rings. The maximum atomic E-state index is 10.7. The minimum Gasteiger partial charge on any atom is -0.388 e. The molecule has 1 fully saturated rings. The first-order valence-corrected chi connectivity index (χ1v) is 8.20. The van der Waals surface area contributed by atoms with Crippen LogP contribution in [0.4, 0.5) is 0 Å². The molecule has 1 aromatic carbocycles. The maximum Gasteiger partial charge on any atom is 0.0818 e. The molecule has 1 heteroatoms. The Kier molecular flexibility index (Phi) is 4.90. The fourth-order valence-corrected chi connectivity index (χ4v) is 3.44. The summed E-state index contributed by atoms with van der Waals surface area (Å²) in [5.74, 6) is 1.27. The van der Waals surface area contributed by atoms with Gasteiger partial charge in [0.15, 0.2) is 0 Å². The molecule has 2 rings (SSSR count). The van der Waals surface area contributed by atoms with Crippen LogP contribution in [0.15, 0.2) is 24.3 Å². The van der Waals surface area contributed by atoms with E-state index in [0.29, 0.717) is 5.92 Å². The molecular formula is C19H30O. The van der Waals surface area contributed by atoms with Crippen molar-refractivity contribution >= 4 is 0 Å². The van der Waals surface area contributed by atoms with E-state index in [4.69, 9.17) is 0 Å². The van der Waals surface area contributed by atoms with Crippen molar-refractivity contribution in [2.75, 3.05) is 0 Å². The Balaban J connectivity index is 2.07. The summed E-state index contributed by atoms with van der Waals surface area (Å²) < 4.78 is 0. The van der Waals surface area contributed by atoms with E-state index < -0.39 is 0 Å². The van der Waals surface area contributed by atoms with Crippen molar-refractivity contribution in [2.45, 2.75) is 71.3 Å². The first kappa shape index (κ1) is 15.6. The molecule has 20 heavy (non-hydrogen) atoms. The number of aliphatic hydroxyl groups excluding tert-OH is 1. The number of hydrogen-bond donors (Lipinski definition) is 1. The van der Waals surface area contributed by atoms with Gasteiger partial charge in [-0.2, -0.15) is 0 Å². The van der Waals surface area contributed by atoms with Gasteiger partial charge in [-0.3, -0.25) is 0 Å². The van der Waals surface area contributed by atoms with Gasteiger partial charge in [-0.05, 0) is 41.2 Å². The summed E-state index contributed by atoms with van der Waals surface area (Å²) in [5.41, 5.74) is 2.62. The predicted molar refractivity (Wildman–Crippen MR) is 85.8 cm³/mol. The zero-order valence-corrected chi connectivity index (χ0v) is 13.5. The number of aliphatic hydroxyl groups is 1. The fourth-order valence-electron chi connectivity index (χ4n) is 3.44. The molecule has 1 nitrogen and oxygen atoms in total. The molecule has 1 aliphatic carbocycles. The van der Waals surface area contributed by atoms with Gasteiger partial charge in [0.25, 0.3) is 0 Å². The molecule has 0 aliphatic heterocycles. The average molecular weight is 274 g/mol. The van der Waals surface area contributed by atoms with E-state index in [1.165, 1.54) is 37.7 Å². The van der Waals surface area contributed by atoms with Crippen LogP contribution in [0.3, 0.4) is 0 Å². The number of rotatable bonds is 3. The summed E-state index contributed by atoms with van der Waals surface area (Å²) in [5, 5.41) is 10.7. The predicted octanol–water partition coefficient (Wildman–Crippen LogP) is 5.23. The van der Waals surface area contributed by atoms with Crippen LogP contribution in [0.25, 0.3) is 0 Å². The van der Waals surface area contributed by atoms with Crippen molar-refractivity contribution in [2.24, 2.45) is 11.8 Å². The zero-order chi connectivity index (χ0) is 14.8. The minimum atomic E-state index is -0.279. The second-order valence-corrected chi connectivity index (χ2v) is 7.52. The lowest BCUT2D eigenvalue weighted by Gasteiger charge is -2.32. The third-order valence-corrected chi connectivity index (χ3v) is 4.97. The lowest BCUT2D eigenvalue weighted by atomic mass is 9.76. The largest absolute Gasteiger partial charge is 0.388 e. The van der Waals surface area contributed by atoms with Crippen molar-refractivity contribution in [1.82, 2.24) is 0 Å². The van der Waals surface area contributed by atoms with Crippen LogP contribution < -0.4 is 0 Å². The van der Waals surface area contributed by atoms with Crippen LogP contribution in [0.1, 0.15) is 77.0 Å². The quantitative estimate of drug-likeness (QED) is 0.799. The van der Waals surface area contributed by atoms with Crippen molar-refractivity contribution < 1.29 is 5.11 Å². The Hall–Kier alpha value is -0.820. The third kappa shape index (κ3) is 3.63.